The number of hydrogen-bond donors (Lipinski definition) is 1. The van der Waals surface area contributed by atoms with E-state index >= 15 is 0 Å². The Bertz CT molecular complexity index is 1350. The zero-order valence-corrected chi connectivity index (χ0v) is 16.6. The van der Waals surface area contributed by atoms with Crippen molar-refractivity contribution in [2.75, 3.05) is 0 Å². The minimum absolute atomic E-state index is 0.0486. The fraction of sp³-hybridized carbons (Fsp3) is 0.0455. The molecule has 4 rings (SSSR count). The lowest BCUT2D eigenvalue weighted by Crippen LogP contribution is -2.22. The van der Waals surface area contributed by atoms with Gasteiger partial charge in [-0.15, -0.1) is 5.10 Å². The Hall–Kier alpha value is -4.54. The first-order chi connectivity index (χ1) is 15.6. The highest BCUT2D eigenvalue weighted by atomic mass is 19.4. The summed E-state index contributed by atoms with van der Waals surface area (Å²) < 4.78 is 39.6. The largest absolute Gasteiger partial charge is 0.545 e. The molecular weight excluding hydrogens is 439 g/mol. The molecule has 11 heteroatoms. The van der Waals surface area contributed by atoms with Crippen LogP contribution in [-0.4, -0.2) is 31.9 Å². The number of pyridine rings is 1. The monoisotopic (exact) mass is 452 g/mol. The lowest BCUT2D eigenvalue weighted by atomic mass is 10.0. The van der Waals surface area contributed by atoms with Crippen LogP contribution in [0.4, 0.5) is 13.2 Å². The third kappa shape index (κ3) is 4.56. The Labute approximate surface area is 184 Å². The molecule has 0 fully saturated rings. The first-order valence-corrected chi connectivity index (χ1v) is 9.35. The van der Waals surface area contributed by atoms with E-state index in [2.05, 4.69) is 15.3 Å². The van der Waals surface area contributed by atoms with Crippen molar-refractivity contribution in [2.45, 2.75) is 6.18 Å². The second kappa shape index (κ2) is 8.19. The normalized spacial score (nSPS) is 11.4. The van der Waals surface area contributed by atoms with Gasteiger partial charge in [0.05, 0.1) is 23.4 Å². The van der Waals surface area contributed by atoms with Gasteiger partial charge in [-0.1, -0.05) is 23.4 Å². The maximum Gasteiger partial charge on any atom is 0.416 e. The molecular formula is C22H13F3N5O3-. The molecule has 0 aliphatic carbocycles. The predicted molar refractivity (Wildman–Crippen MR) is 108 cm³/mol. The summed E-state index contributed by atoms with van der Waals surface area (Å²) in [7, 11) is 0. The number of nitrogens with two attached hydrogens (primary N) is 1. The number of hydrogen-bond acceptors (Lipinski definition) is 6. The van der Waals surface area contributed by atoms with Gasteiger partial charge in [0.1, 0.15) is 11.4 Å². The van der Waals surface area contributed by atoms with Gasteiger partial charge < -0.3 is 15.6 Å². The van der Waals surface area contributed by atoms with E-state index in [4.69, 9.17) is 5.73 Å². The lowest BCUT2D eigenvalue weighted by molar-refractivity contribution is -0.255. The molecule has 4 aromatic rings. The average Bonchev–Trinajstić information content (AvgIpc) is 3.29. The molecule has 0 radical (unpaired) electrons. The Morgan fingerprint density at radius 1 is 0.939 bits per heavy atom. The van der Waals surface area contributed by atoms with E-state index in [0.29, 0.717) is 22.4 Å². The SMILES string of the molecule is NC(=O)c1ccc(-c2cc(C(=O)[O-])cc(-n3cc(-c4ccc(C(F)(F)F)cc4)nn3)c2)cn1. The third-order valence-corrected chi connectivity index (χ3v) is 4.77. The number of carbonyl (C=O) groups excluding carboxylic acids is 2. The standard InChI is InChI=1S/C22H14F3N5O3/c23-22(24,25)16-4-1-12(2-5-16)19-11-30(29-28-19)17-8-14(7-15(9-17)21(32)33)13-3-6-18(20(26)31)27-10-13/h1-11H,(H2,26,31)(H,32,33)/p-1. The highest BCUT2D eigenvalue weighted by Crippen LogP contribution is 2.31. The van der Waals surface area contributed by atoms with Crippen molar-refractivity contribution < 1.29 is 27.9 Å². The summed E-state index contributed by atoms with van der Waals surface area (Å²) in [5, 5.41) is 19.5. The molecule has 0 spiro atoms. The van der Waals surface area contributed by atoms with E-state index in [1.54, 1.807) is 12.1 Å². The maximum absolute atomic E-state index is 12.8. The van der Waals surface area contributed by atoms with Gasteiger partial charge in [-0.3, -0.25) is 9.78 Å². The van der Waals surface area contributed by atoms with Gasteiger partial charge in [0.2, 0.25) is 0 Å². The van der Waals surface area contributed by atoms with Gasteiger partial charge in [0, 0.05) is 17.3 Å². The minimum Gasteiger partial charge on any atom is -0.545 e. The lowest BCUT2D eigenvalue weighted by Gasteiger charge is -2.10. The molecule has 166 valence electrons. The van der Waals surface area contributed by atoms with Gasteiger partial charge in [0.15, 0.2) is 0 Å². The summed E-state index contributed by atoms with van der Waals surface area (Å²) in [6, 6.07) is 11.7. The van der Waals surface area contributed by atoms with Crippen molar-refractivity contribution in [1.29, 1.82) is 0 Å². The Kier molecular flexibility index (Phi) is 5.38. The first-order valence-electron chi connectivity index (χ1n) is 9.35. The van der Waals surface area contributed by atoms with Crippen molar-refractivity contribution in [2.24, 2.45) is 5.73 Å². The summed E-state index contributed by atoms with van der Waals surface area (Å²) in [5.41, 5.74) is 6.25. The molecule has 0 aliphatic rings. The van der Waals surface area contributed by atoms with Gasteiger partial charge in [0.25, 0.3) is 5.91 Å². The van der Waals surface area contributed by atoms with E-state index in [0.717, 1.165) is 12.1 Å². The molecule has 2 N–H and O–H groups in total. The van der Waals surface area contributed by atoms with Crippen LogP contribution >= 0.6 is 0 Å². The molecule has 1 amide bonds. The fourth-order valence-electron chi connectivity index (χ4n) is 3.09. The number of halogens is 3. The number of aromatic nitrogens is 4. The molecule has 0 atom stereocenters. The number of rotatable bonds is 5. The molecule has 2 aromatic heterocycles. The molecule has 33 heavy (non-hydrogen) atoms. The van der Waals surface area contributed by atoms with Crippen LogP contribution in [0.5, 0.6) is 0 Å². The zero-order chi connectivity index (χ0) is 23.8. The average molecular weight is 452 g/mol. The summed E-state index contributed by atoms with van der Waals surface area (Å²) in [6.45, 7) is 0. The van der Waals surface area contributed by atoms with Crippen LogP contribution in [0.25, 0.3) is 28.1 Å². The summed E-state index contributed by atoms with van der Waals surface area (Å²) in [6.07, 6.45) is -1.63. The molecule has 8 nitrogen and oxygen atoms in total. The van der Waals surface area contributed by atoms with E-state index in [1.165, 1.54) is 47.4 Å². The smallest absolute Gasteiger partial charge is 0.416 e. The molecule has 0 bridgehead atoms. The van der Waals surface area contributed by atoms with Crippen LogP contribution in [-0.2, 0) is 6.18 Å². The molecule has 2 aromatic carbocycles. The van der Waals surface area contributed by atoms with Crippen molar-refractivity contribution in [3.05, 3.63) is 83.8 Å². The molecule has 0 saturated carbocycles. The number of nitrogens with zero attached hydrogens (tertiary/aromatic N) is 4. The van der Waals surface area contributed by atoms with E-state index < -0.39 is 23.6 Å². The number of benzene rings is 2. The van der Waals surface area contributed by atoms with Crippen LogP contribution in [0.3, 0.4) is 0 Å². The topological polar surface area (TPSA) is 127 Å². The Morgan fingerprint density at radius 3 is 2.21 bits per heavy atom. The van der Waals surface area contributed by atoms with Crippen molar-refractivity contribution in [3.8, 4) is 28.1 Å². The van der Waals surface area contributed by atoms with Gasteiger partial charge in [-0.25, -0.2) is 4.68 Å². The second-order valence-corrected chi connectivity index (χ2v) is 6.98. The molecule has 0 unspecified atom stereocenters. The van der Waals surface area contributed by atoms with Crippen LogP contribution < -0.4 is 10.8 Å². The maximum atomic E-state index is 12.8. The van der Waals surface area contributed by atoms with Crippen molar-refractivity contribution in [3.63, 3.8) is 0 Å². The van der Waals surface area contributed by atoms with Crippen LogP contribution in [0, 0.1) is 0 Å². The Morgan fingerprint density at radius 2 is 1.64 bits per heavy atom. The zero-order valence-electron chi connectivity index (χ0n) is 16.6. The number of carboxylic acid groups (broad SMARTS) is 1. The number of carboxylic acids is 1. The number of carbonyl (C=O) groups is 2. The number of alkyl halides is 3. The van der Waals surface area contributed by atoms with Gasteiger partial charge in [-0.2, -0.15) is 13.2 Å². The second-order valence-electron chi connectivity index (χ2n) is 6.98. The van der Waals surface area contributed by atoms with E-state index in [9.17, 15) is 27.9 Å². The fourth-order valence-corrected chi connectivity index (χ4v) is 3.09. The third-order valence-electron chi connectivity index (χ3n) is 4.77. The molecule has 0 saturated heterocycles. The van der Waals surface area contributed by atoms with Crippen LogP contribution in [0.2, 0.25) is 0 Å². The highest BCUT2D eigenvalue weighted by Gasteiger charge is 2.30. The quantitative estimate of drug-likeness (QED) is 0.496. The molecule has 2 heterocycles. The predicted octanol–water partition coefficient (Wildman–Crippen LogP) is 2.48. The number of amides is 1. The molecule has 0 aliphatic heterocycles. The Balaban J connectivity index is 1.71. The van der Waals surface area contributed by atoms with Gasteiger partial charge in [-0.05, 0) is 47.5 Å². The number of primary amides is 1. The summed E-state index contributed by atoms with van der Waals surface area (Å²) in [5.74, 6) is -2.13. The van der Waals surface area contributed by atoms with Crippen molar-refractivity contribution in [1.82, 2.24) is 20.0 Å². The summed E-state index contributed by atoms with van der Waals surface area (Å²) in [4.78, 5) is 26.7. The first kappa shape index (κ1) is 21.7. The number of aromatic carboxylic acids is 1. The summed E-state index contributed by atoms with van der Waals surface area (Å²) >= 11 is 0. The van der Waals surface area contributed by atoms with Crippen LogP contribution in [0.15, 0.2) is 67.0 Å². The highest BCUT2D eigenvalue weighted by molar-refractivity contribution is 5.91. The van der Waals surface area contributed by atoms with Crippen molar-refractivity contribution >= 4 is 11.9 Å². The van der Waals surface area contributed by atoms with Crippen LogP contribution in [0.1, 0.15) is 26.4 Å². The van der Waals surface area contributed by atoms with Gasteiger partial charge >= 0.3 is 6.18 Å². The van der Waals surface area contributed by atoms with E-state index in [-0.39, 0.29) is 17.0 Å². The van der Waals surface area contributed by atoms with E-state index in [1.807, 2.05) is 0 Å². The minimum atomic E-state index is -4.46.